The normalized spacial score (nSPS) is 10.4. The lowest BCUT2D eigenvalue weighted by molar-refractivity contribution is 0.0600. The van der Waals surface area contributed by atoms with Crippen molar-refractivity contribution in [3.05, 3.63) is 95.3 Å². The molecule has 0 aliphatic carbocycles. The van der Waals surface area contributed by atoms with E-state index >= 15 is 0 Å². The van der Waals surface area contributed by atoms with E-state index in [1.807, 2.05) is 54.7 Å². The molecule has 5 nitrogen and oxygen atoms in total. The molecule has 1 N–H and O–H groups in total. The van der Waals surface area contributed by atoms with Crippen LogP contribution in [0.3, 0.4) is 0 Å². The Morgan fingerprint density at radius 3 is 2.34 bits per heavy atom. The van der Waals surface area contributed by atoms with Crippen LogP contribution in [0.25, 0.3) is 0 Å². The van der Waals surface area contributed by atoms with Crippen molar-refractivity contribution < 1.29 is 14.3 Å². The first-order valence-electron chi connectivity index (χ1n) is 9.23. The third-order valence-electron chi connectivity index (χ3n) is 4.32. The first kappa shape index (κ1) is 20.6. The summed E-state index contributed by atoms with van der Waals surface area (Å²) in [7, 11) is 1.36. The van der Waals surface area contributed by atoms with Gasteiger partial charge in [0.25, 0.3) is 5.91 Å². The van der Waals surface area contributed by atoms with Gasteiger partial charge >= 0.3 is 5.97 Å². The minimum Gasteiger partial charge on any atom is -0.465 e. The predicted octanol–water partition coefficient (Wildman–Crippen LogP) is 4.13. The third kappa shape index (κ3) is 6.19. The molecule has 0 atom stereocenters. The largest absolute Gasteiger partial charge is 0.465 e. The zero-order valence-electron chi connectivity index (χ0n) is 16.1. The van der Waals surface area contributed by atoms with Gasteiger partial charge in [-0.3, -0.25) is 9.78 Å². The van der Waals surface area contributed by atoms with Crippen molar-refractivity contribution in [2.24, 2.45) is 0 Å². The quantitative estimate of drug-likeness (QED) is 0.450. The Balaban J connectivity index is 1.45. The summed E-state index contributed by atoms with van der Waals surface area (Å²) in [5.41, 5.74) is 3.36. The van der Waals surface area contributed by atoms with Crippen molar-refractivity contribution in [1.29, 1.82) is 0 Å². The maximum absolute atomic E-state index is 12.3. The van der Waals surface area contributed by atoms with Crippen LogP contribution in [0.4, 0.5) is 0 Å². The number of nitrogens with zero attached hydrogens (tertiary/aromatic N) is 1. The molecule has 0 saturated carbocycles. The predicted molar refractivity (Wildman–Crippen MR) is 114 cm³/mol. The standard InChI is InChI=1S/C23H22N2O3S/c1-28-23(27)20-6-4-17(5-7-20)12-14-25-22(26)19-8-10-21(11-9-19)29-16-18-3-2-13-24-15-18/h2-11,13,15H,12,14,16H2,1H3,(H,25,26). The van der Waals surface area contributed by atoms with E-state index in [0.717, 1.165) is 16.2 Å². The van der Waals surface area contributed by atoms with Gasteiger partial charge in [-0.1, -0.05) is 18.2 Å². The Bertz CT molecular complexity index is 942. The number of hydrogen-bond acceptors (Lipinski definition) is 5. The maximum Gasteiger partial charge on any atom is 0.337 e. The average molecular weight is 407 g/mol. The van der Waals surface area contributed by atoms with E-state index in [9.17, 15) is 9.59 Å². The highest BCUT2D eigenvalue weighted by atomic mass is 32.2. The summed E-state index contributed by atoms with van der Waals surface area (Å²) < 4.78 is 4.68. The zero-order valence-corrected chi connectivity index (χ0v) is 16.9. The Morgan fingerprint density at radius 2 is 1.69 bits per heavy atom. The zero-order chi connectivity index (χ0) is 20.5. The third-order valence-corrected chi connectivity index (χ3v) is 5.40. The van der Waals surface area contributed by atoms with Crippen molar-refractivity contribution >= 4 is 23.6 Å². The highest BCUT2D eigenvalue weighted by Gasteiger charge is 2.07. The van der Waals surface area contributed by atoms with Gasteiger partial charge in [0.05, 0.1) is 12.7 Å². The molecule has 0 aliphatic heterocycles. The molecule has 148 valence electrons. The molecular weight excluding hydrogens is 384 g/mol. The van der Waals surface area contributed by atoms with Gasteiger partial charge in [0.1, 0.15) is 0 Å². The highest BCUT2D eigenvalue weighted by molar-refractivity contribution is 7.98. The fourth-order valence-electron chi connectivity index (χ4n) is 2.70. The molecule has 29 heavy (non-hydrogen) atoms. The lowest BCUT2D eigenvalue weighted by Crippen LogP contribution is -2.25. The molecule has 3 rings (SSSR count). The maximum atomic E-state index is 12.3. The number of rotatable bonds is 8. The summed E-state index contributed by atoms with van der Waals surface area (Å²) in [6.07, 6.45) is 4.31. The second-order valence-electron chi connectivity index (χ2n) is 6.37. The highest BCUT2D eigenvalue weighted by Crippen LogP contribution is 2.22. The number of methoxy groups -OCH3 is 1. The second kappa shape index (κ2) is 10.4. The molecule has 0 spiro atoms. The van der Waals surface area contributed by atoms with Gasteiger partial charge in [-0.25, -0.2) is 4.79 Å². The van der Waals surface area contributed by atoms with Gasteiger partial charge in [0.15, 0.2) is 0 Å². The Kier molecular flexibility index (Phi) is 7.41. The molecule has 0 unspecified atom stereocenters. The van der Waals surface area contributed by atoms with Crippen molar-refractivity contribution in [2.45, 2.75) is 17.1 Å². The molecule has 0 fully saturated rings. The van der Waals surface area contributed by atoms with Crippen molar-refractivity contribution in [1.82, 2.24) is 10.3 Å². The number of pyridine rings is 1. The topological polar surface area (TPSA) is 68.3 Å². The number of hydrogen-bond donors (Lipinski definition) is 1. The van der Waals surface area contributed by atoms with E-state index in [0.29, 0.717) is 24.1 Å². The van der Waals surface area contributed by atoms with Crippen LogP contribution >= 0.6 is 11.8 Å². The first-order valence-corrected chi connectivity index (χ1v) is 10.2. The van der Waals surface area contributed by atoms with E-state index < -0.39 is 0 Å². The number of ether oxygens (including phenoxy) is 1. The molecule has 2 aromatic carbocycles. The van der Waals surface area contributed by atoms with Crippen molar-refractivity contribution in [2.75, 3.05) is 13.7 Å². The summed E-state index contributed by atoms with van der Waals surface area (Å²) in [4.78, 5) is 29.0. The molecule has 3 aromatic rings. The molecule has 1 aromatic heterocycles. The number of carbonyl (C=O) groups is 2. The summed E-state index contributed by atoms with van der Waals surface area (Å²) in [6.45, 7) is 0.522. The number of esters is 1. The van der Waals surface area contributed by atoms with E-state index in [1.54, 1.807) is 30.1 Å². The van der Waals surface area contributed by atoms with E-state index in [-0.39, 0.29) is 11.9 Å². The monoisotopic (exact) mass is 406 g/mol. The summed E-state index contributed by atoms with van der Waals surface area (Å²) in [6, 6.07) is 18.8. The van der Waals surface area contributed by atoms with Gasteiger partial charge in [0, 0.05) is 35.2 Å². The SMILES string of the molecule is COC(=O)c1ccc(CCNC(=O)c2ccc(SCc3cccnc3)cc2)cc1. The molecule has 0 aliphatic rings. The van der Waals surface area contributed by atoms with Crippen LogP contribution in [-0.2, 0) is 16.9 Å². The number of thioether (sulfide) groups is 1. The van der Waals surface area contributed by atoms with E-state index in [2.05, 4.69) is 15.0 Å². The number of amides is 1. The Morgan fingerprint density at radius 1 is 0.966 bits per heavy atom. The van der Waals surface area contributed by atoms with E-state index in [1.165, 1.54) is 12.7 Å². The van der Waals surface area contributed by atoms with E-state index in [4.69, 9.17) is 0 Å². The van der Waals surface area contributed by atoms with Gasteiger partial charge in [-0.2, -0.15) is 0 Å². The lowest BCUT2D eigenvalue weighted by atomic mass is 10.1. The van der Waals surface area contributed by atoms with Gasteiger partial charge in [-0.05, 0) is 60.0 Å². The average Bonchev–Trinajstić information content (AvgIpc) is 2.78. The molecule has 1 amide bonds. The van der Waals surface area contributed by atoms with Crippen LogP contribution < -0.4 is 5.32 Å². The summed E-state index contributed by atoms with van der Waals surface area (Å²) >= 11 is 1.71. The fraction of sp³-hybridized carbons (Fsp3) is 0.174. The van der Waals surface area contributed by atoms with Crippen LogP contribution in [0.5, 0.6) is 0 Å². The molecule has 0 radical (unpaired) electrons. The molecular formula is C23H22N2O3S. The number of nitrogens with one attached hydrogen (secondary N) is 1. The van der Waals surface area contributed by atoms with Crippen LogP contribution in [-0.4, -0.2) is 30.5 Å². The van der Waals surface area contributed by atoms with Crippen LogP contribution in [0.2, 0.25) is 0 Å². The molecule has 0 bridgehead atoms. The van der Waals surface area contributed by atoms with Gasteiger partial charge in [-0.15, -0.1) is 11.8 Å². The van der Waals surface area contributed by atoms with Crippen molar-refractivity contribution in [3.8, 4) is 0 Å². The van der Waals surface area contributed by atoms with Crippen molar-refractivity contribution in [3.63, 3.8) is 0 Å². The van der Waals surface area contributed by atoms with Crippen LogP contribution in [0.15, 0.2) is 78.0 Å². The van der Waals surface area contributed by atoms with Gasteiger partial charge < -0.3 is 10.1 Å². The minimum atomic E-state index is -0.355. The fourth-order valence-corrected chi connectivity index (χ4v) is 3.53. The first-order chi connectivity index (χ1) is 14.2. The number of carbonyl (C=O) groups excluding carboxylic acids is 2. The minimum absolute atomic E-state index is 0.0972. The smallest absolute Gasteiger partial charge is 0.337 e. The molecule has 6 heteroatoms. The van der Waals surface area contributed by atoms with Crippen LogP contribution in [0.1, 0.15) is 31.8 Å². The summed E-state index contributed by atoms with van der Waals surface area (Å²) in [5, 5.41) is 2.93. The van der Waals surface area contributed by atoms with Gasteiger partial charge in [0.2, 0.25) is 0 Å². The second-order valence-corrected chi connectivity index (χ2v) is 7.42. The van der Waals surface area contributed by atoms with Crippen LogP contribution in [0, 0.1) is 0 Å². The number of benzene rings is 2. The lowest BCUT2D eigenvalue weighted by Gasteiger charge is -2.07. The molecule has 0 saturated heterocycles. The Hall–Kier alpha value is -3.12. The summed E-state index contributed by atoms with van der Waals surface area (Å²) in [5.74, 6) is 0.389. The Labute approximate surface area is 174 Å². The molecule has 1 heterocycles. The number of aromatic nitrogens is 1.